The Balaban J connectivity index is 1.64. The summed E-state index contributed by atoms with van der Waals surface area (Å²) in [7, 11) is 1.79. The molecule has 1 unspecified atom stereocenters. The highest BCUT2D eigenvalue weighted by Gasteiger charge is 2.82. The quantitative estimate of drug-likeness (QED) is 0.687. The monoisotopic (exact) mass is 451 g/mol. The molecular formula is C28H37NO4. The number of methoxy groups -OCH3 is 1. The molecule has 33 heavy (non-hydrogen) atoms. The summed E-state index contributed by atoms with van der Waals surface area (Å²) >= 11 is 0. The molecule has 4 aliphatic carbocycles. The van der Waals surface area contributed by atoms with Crippen LogP contribution in [0.3, 0.4) is 0 Å². The van der Waals surface area contributed by atoms with Gasteiger partial charge in [-0.05, 0) is 56.1 Å². The second kappa shape index (κ2) is 6.27. The molecule has 0 aromatic heterocycles. The predicted octanol–water partition coefficient (Wildman–Crippen LogP) is 3.64. The number of piperidine rings is 1. The zero-order chi connectivity index (χ0) is 23.6. The van der Waals surface area contributed by atoms with Crippen LogP contribution in [0.5, 0.6) is 11.5 Å². The number of rotatable bonds is 3. The molecule has 7 rings (SSSR count). The van der Waals surface area contributed by atoms with Crippen LogP contribution >= 0.6 is 0 Å². The Bertz CT molecular complexity index is 1070. The van der Waals surface area contributed by atoms with E-state index in [9.17, 15) is 10.2 Å². The van der Waals surface area contributed by atoms with Gasteiger partial charge in [0.05, 0.1) is 12.1 Å². The second-order valence-electron chi connectivity index (χ2n) is 12.5. The Morgan fingerprint density at radius 2 is 2.00 bits per heavy atom. The number of likely N-dealkylation sites (tertiary alicyclic amines) is 1. The Kier molecular flexibility index (Phi) is 4.14. The first kappa shape index (κ1) is 21.8. The van der Waals surface area contributed by atoms with Crippen LogP contribution in [0.4, 0.5) is 0 Å². The summed E-state index contributed by atoms with van der Waals surface area (Å²) in [5.74, 6) is 3.70. The predicted molar refractivity (Wildman–Crippen MR) is 126 cm³/mol. The molecule has 178 valence electrons. The highest BCUT2D eigenvalue weighted by Crippen LogP contribution is 2.77. The molecule has 5 heteroatoms. The second-order valence-corrected chi connectivity index (χ2v) is 12.5. The number of phenols is 1. The lowest BCUT2D eigenvalue weighted by Crippen LogP contribution is -2.83. The van der Waals surface area contributed by atoms with Crippen LogP contribution in [-0.2, 0) is 16.6 Å². The van der Waals surface area contributed by atoms with Crippen molar-refractivity contribution in [2.75, 3.05) is 20.2 Å². The maximum Gasteiger partial charge on any atom is 0.165 e. The lowest BCUT2D eigenvalue weighted by Gasteiger charge is -2.75. The minimum atomic E-state index is -0.955. The van der Waals surface area contributed by atoms with Crippen LogP contribution in [-0.4, -0.2) is 58.7 Å². The fraction of sp³-hybridized carbons (Fsp3) is 0.714. The first-order chi connectivity index (χ1) is 15.5. The Labute approximate surface area is 197 Å². The lowest BCUT2D eigenvalue weighted by molar-refractivity contribution is -0.312. The molecule has 4 bridgehead atoms. The number of nitrogens with zero attached hydrogens (tertiary/aromatic N) is 1. The van der Waals surface area contributed by atoms with E-state index in [4.69, 9.17) is 15.9 Å². The highest BCUT2D eigenvalue weighted by atomic mass is 16.6. The van der Waals surface area contributed by atoms with E-state index in [0.717, 1.165) is 38.6 Å². The van der Waals surface area contributed by atoms with E-state index in [1.54, 1.807) is 13.2 Å². The van der Waals surface area contributed by atoms with Gasteiger partial charge in [-0.2, -0.15) is 0 Å². The molecule has 1 aromatic rings. The minimum absolute atomic E-state index is 0.0704. The average Bonchev–Trinajstić information content (AvgIpc) is 3.13. The first-order valence-corrected chi connectivity index (χ1v) is 12.5. The van der Waals surface area contributed by atoms with Crippen molar-refractivity contribution in [3.63, 3.8) is 0 Å². The molecule has 4 fully saturated rings. The van der Waals surface area contributed by atoms with Crippen molar-refractivity contribution in [3.05, 3.63) is 23.3 Å². The van der Waals surface area contributed by atoms with E-state index in [-0.39, 0.29) is 34.0 Å². The van der Waals surface area contributed by atoms with Crippen LogP contribution in [0.1, 0.15) is 64.5 Å². The maximum atomic E-state index is 12.1. The molecule has 7 atom stereocenters. The van der Waals surface area contributed by atoms with Crippen molar-refractivity contribution in [2.24, 2.45) is 16.7 Å². The summed E-state index contributed by atoms with van der Waals surface area (Å²) in [6, 6.07) is 4.17. The standard InChI is InChI=1S/C28H37NO4/c1-7-13-29-14-12-27-21-17-8-9-18(30)22(21)33-23(27)28(32-6)11-10-26(27,20(29)15-17)16-19(28)25(5,31)24(2,3)4/h1,8-9,19-20,23,30-31H,10-16H2,2-6H3/t19-,20-,23-,25?,26-,27+,28-/m1/s1. The van der Waals surface area contributed by atoms with Gasteiger partial charge in [0.15, 0.2) is 11.5 Å². The molecule has 1 aromatic carbocycles. The van der Waals surface area contributed by atoms with E-state index < -0.39 is 11.2 Å². The van der Waals surface area contributed by atoms with Gasteiger partial charge in [-0.25, -0.2) is 0 Å². The third kappa shape index (κ3) is 2.18. The van der Waals surface area contributed by atoms with E-state index in [1.807, 2.05) is 6.92 Å². The van der Waals surface area contributed by atoms with Crippen molar-refractivity contribution in [1.29, 1.82) is 0 Å². The topological polar surface area (TPSA) is 62.2 Å². The molecule has 0 radical (unpaired) electrons. The molecule has 3 saturated carbocycles. The number of hydrogen-bond acceptors (Lipinski definition) is 5. The van der Waals surface area contributed by atoms with Crippen LogP contribution in [0.25, 0.3) is 0 Å². The first-order valence-electron chi connectivity index (χ1n) is 12.5. The fourth-order valence-corrected chi connectivity index (χ4v) is 9.04. The average molecular weight is 452 g/mol. The highest BCUT2D eigenvalue weighted by molar-refractivity contribution is 5.63. The van der Waals surface area contributed by atoms with Crippen LogP contribution in [0, 0.1) is 29.1 Å². The van der Waals surface area contributed by atoms with Crippen LogP contribution in [0.15, 0.2) is 12.1 Å². The summed E-state index contributed by atoms with van der Waals surface area (Å²) in [6.07, 6.45) is 10.2. The summed E-state index contributed by atoms with van der Waals surface area (Å²) in [4.78, 5) is 2.50. The molecule has 1 saturated heterocycles. The molecule has 2 N–H and O–H groups in total. The van der Waals surface area contributed by atoms with E-state index in [0.29, 0.717) is 18.3 Å². The number of terminal acetylenes is 1. The largest absolute Gasteiger partial charge is 0.504 e. The number of ether oxygens (including phenoxy) is 2. The van der Waals surface area contributed by atoms with Crippen molar-refractivity contribution in [1.82, 2.24) is 4.90 Å². The zero-order valence-corrected chi connectivity index (χ0v) is 20.6. The van der Waals surface area contributed by atoms with Crippen molar-refractivity contribution in [3.8, 4) is 23.8 Å². The maximum absolute atomic E-state index is 12.1. The Morgan fingerprint density at radius 1 is 1.24 bits per heavy atom. The van der Waals surface area contributed by atoms with Crippen molar-refractivity contribution >= 4 is 0 Å². The molecule has 2 heterocycles. The van der Waals surface area contributed by atoms with Gasteiger partial charge in [0.1, 0.15) is 11.7 Å². The van der Waals surface area contributed by atoms with E-state index >= 15 is 0 Å². The molecule has 2 aliphatic heterocycles. The Morgan fingerprint density at radius 3 is 2.67 bits per heavy atom. The van der Waals surface area contributed by atoms with Crippen LogP contribution < -0.4 is 4.74 Å². The smallest absolute Gasteiger partial charge is 0.165 e. The van der Waals surface area contributed by atoms with Crippen molar-refractivity contribution < 1.29 is 19.7 Å². The van der Waals surface area contributed by atoms with Crippen LogP contribution in [0.2, 0.25) is 0 Å². The number of phenolic OH excluding ortho intramolecular Hbond substituents is 1. The van der Waals surface area contributed by atoms with Gasteiger partial charge in [-0.15, -0.1) is 6.42 Å². The minimum Gasteiger partial charge on any atom is -0.504 e. The summed E-state index contributed by atoms with van der Waals surface area (Å²) < 4.78 is 13.3. The summed E-state index contributed by atoms with van der Waals surface area (Å²) in [6.45, 7) is 9.91. The fourth-order valence-electron chi connectivity index (χ4n) is 9.04. The number of fused-ring (bicyclic) bond motifs is 2. The summed E-state index contributed by atoms with van der Waals surface area (Å²) in [5.41, 5.74) is 0.314. The number of hydrogen-bond donors (Lipinski definition) is 2. The van der Waals surface area contributed by atoms with E-state index in [1.165, 1.54) is 11.1 Å². The third-order valence-corrected chi connectivity index (χ3v) is 11.0. The van der Waals surface area contributed by atoms with Gasteiger partial charge in [-0.1, -0.05) is 32.8 Å². The molecule has 2 spiro atoms. The van der Waals surface area contributed by atoms with Crippen molar-refractivity contribution in [2.45, 2.75) is 88.6 Å². The molecule has 6 aliphatic rings. The van der Waals surface area contributed by atoms with Gasteiger partial charge in [-0.3, -0.25) is 4.90 Å². The third-order valence-electron chi connectivity index (χ3n) is 11.0. The van der Waals surface area contributed by atoms with E-state index in [2.05, 4.69) is 37.7 Å². The number of benzene rings is 1. The molecule has 0 amide bonds. The van der Waals surface area contributed by atoms with Gasteiger partial charge < -0.3 is 19.7 Å². The van der Waals surface area contributed by atoms with Gasteiger partial charge in [0.2, 0.25) is 0 Å². The number of aromatic hydroxyl groups is 1. The van der Waals surface area contributed by atoms with Gasteiger partial charge in [0.25, 0.3) is 0 Å². The SMILES string of the molecule is C#CCN1CC[C@]23c4c5ccc(O)c4O[C@H]2[C@@]2(OC)CC[C@@]3(C[C@@H]2C(C)(O)C(C)(C)C)[C@H]1C5. The number of aliphatic hydroxyl groups is 1. The summed E-state index contributed by atoms with van der Waals surface area (Å²) in [5, 5.41) is 23.0. The molecular weight excluding hydrogens is 414 g/mol. The Hall–Kier alpha value is -1.74. The molecule has 5 nitrogen and oxygen atoms in total. The zero-order valence-electron chi connectivity index (χ0n) is 20.6. The lowest BCUT2D eigenvalue weighted by atomic mass is 9.33. The van der Waals surface area contributed by atoms with Gasteiger partial charge in [0, 0.05) is 42.0 Å². The normalized spacial score (nSPS) is 42.3. The van der Waals surface area contributed by atoms with Gasteiger partial charge >= 0.3 is 0 Å².